The van der Waals surface area contributed by atoms with Crippen LogP contribution in [-0.4, -0.2) is 50.8 Å². The second kappa shape index (κ2) is 5.01. The van der Waals surface area contributed by atoms with E-state index in [4.69, 9.17) is 5.11 Å². The fourth-order valence-corrected chi connectivity index (χ4v) is 1.90. The number of aliphatic hydroxyl groups is 1. The highest BCUT2D eigenvalue weighted by atomic mass is 16.4. The van der Waals surface area contributed by atoms with Gasteiger partial charge in [0, 0.05) is 19.2 Å². The molecule has 2 rings (SSSR count). The first kappa shape index (κ1) is 12.3. The fourth-order valence-electron chi connectivity index (χ4n) is 1.90. The van der Waals surface area contributed by atoms with Crippen LogP contribution in [-0.2, 0) is 4.79 Å². The highest BCUT2D eigenvalue weighted by molar-refractivity contribution is 5.92. The second-order valence-electron chi connectivity index (χ2n) is 4.07. The molecule has 2 amide bonds. The van der Waals surface area contributed by atoms with Gasteiger partial charge in [0.25, 0.3) is 0 Å². The Bertz CT molecular complexity index is 451. The molecule has 2 heterocycles. The van der Waals surface area contributed by atoms with Crippen molar-refractivity contribution in [2.45, 2.75) is 18.6 Å². The van der Waals surface area contributed by atoms with E-state index in [1.807, 2.05) is 0 Å². The van der Waals surface area contributed by atoms with Crippen molar-refractivity contribution >= 4 is 17.7 Å². The Morgan fingerprint density at radius 2 is 2.28 bits per heavy atom. The number of nitrogens with zero attached hydrogens (tertiary/aromatic N) is 2. The summed E-state index contributed by atoms with van der Waals surface area (Å²) in [6, 6.07) is 1.76. The Kier molecular flexibility index (Phi) is 3.42. The Hall–Kier alpha value is -2.15. The van der Waals surface area contributed by atoms with E-state index in [9.17, 15) is 14.7 Å². The van der Waals surface area contributed by atoms with Crippen LogP contribution in [0.15, 0.2) is 24.5 Å². The van der Waals surface area contributed by atoms with Gasteiger partial charge in [-0.2, -0.15) is 0 Å². The van der Waals surface area contributed by atoms with Gasteiger partial charge in [0.1, 0.15) is 6.04 Å². The van der Waals surface area contributed by atoms with Gasteiger partial charge in [-0.05, 0) is 12.1 Å². The van der Waals surface area contributed by atoms with Gasteiger partial charge in [-0.15, -0.1) is 0 Å². The monoisotopic (exact) mass is 251 g/mol. The smallest absolute Gasteiger partial charge is 0.326 e. The predicted molar refractivity (Wildman–Crippen MR) is 62.0 cm³/mol. The van der Waals surface area contributed by atoms with Crippen molar-refractivity contribution in [1.29, 1.82) is 0 Å². The lowest BCUT2D eigenvalue weighted by Crippen LogP contribution is -2.43. The van der Waals surface area contributed by atoms with E-state index in [1.165, 1.54) is 6.20 Å². The number of aliphatic carboxylic acids is 1. The molecule has 0 bridgehead atoms. The minimum absolute atomic E-state index is 0.0169. The number of carboxylic acids is 1. The molecule has 1 aromatic rings. The lowest BCUT2D eigenvalue weighted by molar-refractivity contribution is -0.141. The lowest BCUT2D eigenvalue weighted by atomic mass is 10.2. The fraction of sp³-hybridized carbons (Fsp3) is 0.364. The van der Waals surface area contributed by atoms with Crippen LogP contribution in [0.5, 0.6) is 0 Å². The standard InChI is InChI=1S/C11H13N3O4/c15-8-4-9(10(16)17)14(6-8)11(18)13-7-2-1-3-12-5-7/h1-3,5,8-9,15H,4,6H2,(H,13,18)(H,16,17)/t8?,9-/m0/s1. The number of β-amino-alcohol motifs (C(OH)–C–C–N with tert-alkyl or cyclic N) is 1. The van der Waals surface area contributed by atoms with Gasteiger partial charge in [0.05, 0.1) is 18.0 Å². The molecule has 1 saturated heterocycles. The number of anilines is 1. The number of aliphatic hydroxyl groups excluding tert-OH is 1. The van der Waals surface area contributed by atoms with Crippen LogP contribution in [0.25, 0.3) is 0 Å². The maximum atomic E-state index is 11.9. The van der Waals surface area contributed by atoms with Crippen LogP contribution in [0.4, 0.5) is 10.5 Å². The van der Waals surface area contributed by atoms with E-state index in [2.05, 4.69) is 10.3 Å². The summed E-state index contributed by atoms with van der Waals surface area (Å²) in [7, 11) is 0. The van der Waals surface area contributed by atoms with Crippen molar-refractivity contribution in [3.8, 4) is 0 Å². The average Bonchev–Trinajstić information content (AvgIpc) is 2.73. The molecular weight excluding hydrogens is 238 g/mol. The van der Waals surface area contributed by atoms with Gasteiger partial charge in [0.2, 0.25) is 0 Å². The summed E-state index contributed by atoms with van der Waals surface area (Å²) >= 11 is 0. The van der Waals surface area contributed by atoms with E-state index < -0.39 is 24.1 Å². The maximum Gasteiger partial charge on any atom is 0.326 e. The van der Waals surface area contributed by atoms with Crippen LogP contribution in [0.1, 0.15) is 6.42 Å². The van der Waals surface area contributed by atoms with Gasteiger partial charge in [-0.25, -0.2) is 9.59 Å². The first-order valence-electron chi connectivity index (χ1n) is 5.46. The average molecular weight is 251 g/mol. The molecule has 7 nitrogen and oxygen atoms in total. The van der Waals surface area contributed by atoms with Crippen LogP contribution in [0.3, 0.4) is 0 Å². The minimum Gasteiger partial charge on any atom is -0.480 e. The molecule has 0 spiro atoms. The van der Waals surface area contributed by atoms with Crippen molar-refractivity contribution in [2.24, 2.45) is 0 Å². The third-order valence-corrected chi connectivity index (χ3v) is 2.74. The summed E-state index contributed by atoms with van der Waals surface area (Å²) in [5, 5.41) is 20.9. The number of nitrogens with one attached hydrogen (secondary N) is 1. The molecule has 2 atom stereocenters. The van der Waals surface area contributed by atoms with E-state index in [1.54, 1.807) is 18.3 Å². The number of amides is 2. The maximum absolute atomic E-state index is 11.9. The van der Waals surface area contributed by atoms with Crippen LogP contribution in [0.2, 0.25) is 0 Å². The zero-order chi connectivity index (χ0) is 13.1. The number of aromatic nitrogens is 1. The second-order valence-corrected chi connectivity index (χ2v) is 4.07. The summed E-state index contributed by atoms with van der Waals surface area (Å²) < 4.78 is 0. The molecule has 0 radical (unpaired) electrons. The van der Waals surface area contributed by atoms with Gasteiger partial charge < -0.3 is 20.4 Å². The molecule has 1 aromatic heterocycles. The molecule has 0 aromatic carbocycles. The summed E-state index contributed by atoms with van der Waals surface area (Å²) in [6.07, 6.45) is 2.27. The number of hydrogen-bond donors (Lipinski definition) is 3. The third kappa shape index (κ3) is 2.57. The van der Waals surface area contributed by atoms with E-state index >= 15 is 0 Å². The zero-order valence-corrected chi connectivity index (χ0v) is 9.48. The Morgan fingerprint density at radius 3 is 2.89 bits per heavy atom. The molecule has 1 fully saturated rings. The summed E-state index contributed by atoms with van der Waals surface area (Å²) in [5.41, 5.74) is 0.480. The predicted octanol–water partition coefficient (Wildman–Crippen LogP) is 0.133. The molecule has 1 aliphatic rings. The van der Waals surface area contributed by atoms with Gasteiger partial charge in [0.15, 0.2) is 0 Å². The molecule has 3 N–H and O–H groups in total. The summed E-state index contributed by atoms with van der Waals surface area (Å²) in [4.78, 5) is 27.8. The van der Waals surface area contributed by atoms with Crippen molar-refractivity contribution in [1.82, 2.24) is 9.88 Å². The molecule has 1 unspecified atom stereocenters. The number of likely N-dealkylation sites (tertiary alicyclic amines) is 1. The third-order valence-electron chi connectivity index (χ3n) is 2.74. The number of urea groups is 1. The number of carbonyl (C=O) groups excluding carboxylic acids is 1. The zero-order valence-electron chi connectivity index (χ0n) is 9.48. The van der Waals surface area contributed by atoms with Crippen LogP contribution < -0.4 is 5.32 Å². The van der Waals surface area contributed by atoms with E-state index in [0.717, 1.165) is 4.90 Å². The van der Waals surface area contributed by atoms with Gasteiger partial charge >= 0.3 is 12.0 Å². The largest absolute Gasteiger partial charge is 0.480 e. The lowest BCUT2D eigenvalue weighted by Gasteiger charge is -2.21. The molecule has 1 aliphatic heterocycles. The molecule has 18 heavy (non-hydrogen) atoms. The summed E-state index contributed by atoms with van der Waals surface area (Å²) in [5.74, 6) is -1.12. The topological polar surface area (TPSA) is 103 Å². The Morgan fingerprint density at radius 1 is 1.50 bits per heavy atom. The molecule has 7 heteroatoms. The number of hydrogen-bond acceptors (Lipinski definition) is 4. The van der Waals surface area contributed by atoms with Crippen molar-refractivity contribution in [2.75, 3.05) is 11.9 Å². The highest BCUT2D eigenvalue weighted by Crippen LogP contribution is 2.19. The van der Waals surface area contributed by atoms with Crippen molar-refractivity contribution in [3.63, 3.8) is 0 Å². The van der Waals surface area contributed by atoms with E-state index in [-0.39, 0.29) is 13.0 Å². The molecule has 0 saturated carbocycles. The number of pyridine rings is 1. The normalized spacial score (nSPS) is 22.8. The molecule has 96 valence electrons. The summed E-state index contributed by atoms with van der Waals surface area (Å²) in [6.45, 7) is 0.0169. The minimum atomic E-state index is -1.12. The molecular formula is C11H13N3O4. The van der Waals surface area contributed by atoms with Crippen molar-refractivity contribution < 1.29 is 19.8 Å². The van der Waals surface area contributed by atoms with Gasteiger partial charge in [-0.1, -0.05) is 0 Å². The van der Waals surface area contributed by atoms with Crippen LogP contribution in [0, 0.1) is 0 Å². The quantitative estimate of drug-likeness (QED) is 0.693. The Balaban J connectivity index is 2.06. The first-order chi connectivity index (χ1) is 8.58. The number of carbonyl (C=O) groups is 2. The van der Waals surface area contributed by atoms with Crippen molar-refractivity contribution in [3.05, 3.63) is 24.5 Å². The first-order valence-corrected chi connectivity index (χ1v) is 5.46. The highest BCUT2D eigenvalue weighted by Gasteiger charge is 2.38. The number of rotatable bonds is 2. The SMILES string of the molecule is O=C(O)[C@@H]1CC(O)CN1C(=O)Nc1cccnc1. The Labute approximate surface area is 103 Å². The van der Waals surface area contributed by atoms with Gasteiger partial charge in [-0.3, -0.25) is 4.98 Å². The van der Waals surface area contributed by atoms with Crippen LogP contribution >= 0.6 is 0 Å². The number of carboxylic acid groups (broad SMARTS) is 1. The van der Waals surface area contributed by atoms with E-state index in [0.29, 0.717) is 5.69 Å². The molecule has 0 aliphatic carbocycles.